The normalized spacial score (nSPS) is 11.8. The molecule has 0 atom stereocenters. The minimum Gasteiger partial charge on any atom is -0.308 e. The molecule has 42 heavy (non-hydrogen) atoms. The highest BCUT2D eigenvalue weighted by Gasteiger charge is 2.16. The third-order valence-electron chi connectivity index (χ3n) is 8.69. The van der Waals surface area contributed by atoms with Gasteiger partial charge in [0, 0.05) is 27.2 Å². The molecule has 9 rings (SSSR count). The minimum absolute atomic E-state index is 1.13. The molecule has 2 heterocycles. The van der Waals surface area contributed by atoms with Crippen LogP contribution in [0.4, 0.5) is 0 Å². The Hall–Kier alpha value is -5.60. The minimum atomic E-state index is 1.13. The lowest BCUT2D eigenvalue weighted by molar-refractivity contribution is 1.16. The number of para-hydroxylation sites is 4. The standard InChI is InChI=1S/C40H26N2/c1-2-11-27(12-3-1)28-21-23-31(24-22-28)41-37-19-8-9-20-38(37)42-36-18-7-6-15-32(36)33-16-10-17-34(40(33)42)35-25-29-13-4-5-14-30(29)26-39(35)41/h1-26H. The van der Waals surface area contributed by atoms with Gasteiger partial charge >= 0.3 is 0 Å². The maximum atomic E-state index is 2.47. The maximum Gasteiger partial charge on any atom is 0.0703 e. The van der Waals surface area contributed by atoms with Crippen LogP contribution in [0.15, 0.2) is 158 Å². The molecule has 0 saturated heterocycles. The summed E-state index contributed by atoms with van der Waals surface area (Å²) in [6.07, 6.45) is 0. The number of benzene rings is 7. The highest BCUT2D eigenvalue weighted by atomic mass is 15.0. The van der Waals surface area contributed by atoms with Gasteiger partial charge in [-0.05, 0) is 64.4 Å². The van der Waals surface area contributed by atoms with Crippen LogP contribution in [0, 0.1) is 0 Å². The lowest BCUT2D eigenvalue weighted by Gasteiger charge is -2.18. The summed E-state index contributed by atoms with van der Waals surface area (Å²) in [5.74, 6) is 0. The summed E-state index contributed by atoms with van der Waals surface area (Å²) in [7, 11) is 0. The lowest BCUT2D eigenvalue weighted by Crippen LogP contribution is -2.01. The summed E-state index contributed by atoms with van der Waals surface area (Å²) >= 11 is 0. The average molecular weight is 535 g/mol. The molecule has 2 heteroatoms. The first-order chi connectivity index (χ1) is 20.8. The molecular weight excluding hydrogens is 508 g/mol. The molecular formula is C40H26N2. The van der Waals surface area contributed by atoms with E-state index in [0.717, 1.165) is 11.2 Å². The van der Waals surface area contributed by atoms with Crippen LogP contribution >= 0.6 is 0 Å². The number of hydrogen-bond donors (Lipinski definition) is 0. The van der Waals surface area contributed by atoms with E-state index in [1.54, 1.807) is 0 Å². The molecule has 0 amide bonds. The first-order valence-electron chi connectivity index (χ1n) is 14.5. The lowest BCUT2D eigenvalue weighted by atomic mass is 10.0. The van der Waals surface area contributed by atoms with Crippen LogP contribution in [0.25, 0.3) is 76.7 Å². The zero-order chi connectivity index (χ0) is 27.6. The van der Waals surface area contributed by atoms with Crippen molar-refractivity contribution < 1.29 is 0 Å². The van der Waals surface area contributed by atoms with Crippen molar-refractivity contribution >= 4 is 59.9 Å². The van der Waals surface area contributed by atoms with Crippen LogP contribution in [0.5, 0.6) is 0 Å². The summed E-state index contributed by atoms with van der Waals surface area (Å²) in [5.41, 5.74) is 9.53. The molecule has 0 N–H and O–H groups in total. The van der Waals surface area contributed by atoms with E-state index < -0.39 is 0 Å². The second kappa shape index (κ2) is 8.95. The van der Waals surface area contributed by atoms with Crippen LogP contribution < -0.4 is 0 Å². The Labute approximate surface area is 243 Å². The Kier molecular flexibility index (Phi) is 4.93. The van der Waals surface area contributed by atoms with E-state index >= 15 is 0 Å². The van der Waals surface area contributed by atoms with Gasteiger partial charge in [-0.2, -0.15) is 0 Å². The summed E-state index contributed by atoms with van der Waals surface area (Å²) < 4.78 is 4.92. The fourth-order valence-corrected chi connectivity index (χ4v) is 6.80. The van der Waals surface area contributed by atoms with Gasteiger partial charge in [-0.1, -0.05) is 115 Å². The van der Waals surface area contributed by atoms with Crippen LogP contribution in [-0.2, 0) is 0 Å². The molecule has 0 spiro atoms. The quantitative estimate of drug-likeness (QED) is 0.209. The predicted molar refractivity (Wildman–Crippen MR) is 179 cm³/mol. The van der Waals surface area contributed by atoms with Gasteiger partial charge in [-0.3, -0.25) is 0 Å². The maximum absolute atomic E-state index is 2.47. The molecule has 0 saturated carbocycles. The van der Waals surface area contributed by atoms with Crippen molar-refractivity contribution in [1.29, 1.82) is 0 Å². The highest BCUT2D eigenvalue weighted by Crippen LogP contribution is 2.38. The molecule has 0 fully saturated rings. The first-order valence-corrected chi connectivity index (χ1v) is 14.5. The van der Waals surface area contributed by atoms with E-state index in [0.29, 0.717) is 0 Å². The first kappa shape index (κ1) is 23.1. The van der Waals surface area contributed by atoms with Crippen molar-refractivity contribution in [2.75, 3.05) is 0 Å². The summed E-state index contributed by atoms with van der Waals surface area (Å²) in [6.45, 7) is 0. The van der Waals surface area contributed by atoms with Gasteiger partial charge in [-0.25, -0.2) is 0 Å². The van der Waals surface area contributed by atoms with E-state index in [1.165, 1.54) is 65.5 Å². The van der Waals surface area contributed by atoms with Gasteiger partial charge in [0.2, 0.25) is 0 Å². The molecule has 0 aliphatic carbocycles. The Bertz CT molecular complexity index is 2500. The van der Waals surface area contributed by atoms with Crippen LogP contribution in [0.1, 0.15) is 0 Å². The fourth-order valence-electron chi connectivity index (χ4n) is 6.80. The summed E-state index contributed by atoms with van der Waals surface area (Å²) in [5, 5.41) is 7.48. The molecule has 0 bridgehead atoms. The van der Waals surface area contributed by atoms with Crippen molar-refractivity contribution in [2.45, 2.75) is 0 Å². The molecule has 0 radical (unpaired) electrons. The van der Waals surface area contributed by atoms with Gasteiger partial charge < -0.3 is 8.97 Å². The van der Waals surface area contributed by atoms with Crippen molar-refractivity contribution in [1.82, 2.24) is 8.97 Å². The van der Waals surface area contributed by atoms with Crippen molar-refractivity contribution in [3.63, 3.8) is 0 Å². The number of nitrogens with zero attached hydrogens (tertiary/aromatic N) is 2. The number of rotatable bonds is 2. The molecule has 0 aliphatic heterocycles. The molecule has 2 nitrogen and oxygen atoms in total. The van der Waals surface area contributed by atoms with E-state index in [2.05, 4.69) is 167 Å². The Balaban J connectivity index is 1.54. The van der Waals surface area contributed by atoms with Gasteiger partial charge in [0.15, 0.2) is 0 Å². The van der Waals surface area contributed by atoms with Crippen LogP contribution in [-0.4, -0.2) is 8.97 Å². The van der Waals surface area contributed by atoms with Gasteiger partial charge in [-0.15, -0.1) is 0 Å². The van der Waals surface area contributed by atoms with E-state index in [-0.39, 0.29) is 0 Å². The van der Waals surface area contributed by atoms with Crippen molar-refractivity contribution in [2.24, 2.45) is 0 Å². The fraction of sp³-hybridized carbons (Fsp3) is 0. The second-order valence-corrected chi connectivity index (χ2v) is 11.0. The Morgan fingerprint density at radius 2 is 0.905 bits per heavy atom. The summed E-state index contributed by atoms with van der Waals surface area (Å²) in [4.78, 5) is 0. The van der Waals surface area contributed by atoms with Crippen molar-refractivity contribution in [3.8, 4) is 16.8 Å². The molecule has 196 valence electrons. The van der Waals surface area contributed by atoms with Crippen LogP contribution in [0.3, 0.4) is 0 Å². The van der Waals surface area contributed by atoms with E-state index in [4.69, 9.17) is 0 Å². The SMILES string of the molecule is c1ccc(-c2ccc(-n3c4cc5ccccc5cc4c4cccc5c6ccccc6n(c6ccccc63)c45)cc2)cc1. The zero-order valence-electron chi connectivity index (χ0n) is 22.9. The predicted octanol–water partition coefficient (Wildman–Crippen LogP) is 10.7. The number of aromatic nitrogens is 2. The third kappa shape index (κ3) is 3.33. The van der Waals surface area contributed by atoms with E-state index in [9.17, 15) is 0 Å². The molecule has 7 aromatic carbocycles. The zero-order valence-corrected chi connectivity index (χ0v) is 22.9. The number of fused-ring (bicyclic) bond motifs is 8. The highest BCUT2D eigenvalue weighted by molar-refractivity contribution is 6.21. The second-order valence-electron chi connectivity index (χ2n) is 11.0. The Morgan fingerprint density at radius 3 is 1.69 bits per heavy atom. The average Bonchev–Trinajstić information content (AvgIpc) is 3.39. The molecule has 0 unspecified atom stereocenters. The summed E-state index contributed by atoms with van der Waals surface area (Å²) in [6, 6.07) is 57.4. The largest absolute Gasteiger partial charge is 0.308 e. The number of hydrogen-bond acceptors (Lipinski definition) is 0. The third-order valence-corrected chi connectivity index (χ3v) is 8.69. The molecule has 0 aliphatic rings. The smallest absolute Gasteiger partial charge is 0.0703 e. The monoisotopic (exact) mass is 534 g/mol. The van der Waals surface area contributed by atoms with Crippen LogP contribution in [0.2, 0.25) is 0 Å². The van der Waals surface area contributed by atoms with E-state index in [1.807, 2.05) is 0 Å². The van der Waals surface area contributed by atoms with Gasteiger partial charge in [0.1, 0.15) is 0 Å². The van der Waals surface area contributed by atoms with Gasteiger partial charge in [0.25, 0.3) is 0 Å². The Morgan fingerprint density at radius 1 is 0.333 bits per heavy atom. The molecule has 2 aromatic heterocycles. The van der Waals surface area contributed by atoms with Crippen molar-refractivity contribution in [3.05, 3.63) is 158 Å². The topological polar surface area (TPSA) is 9.34 Å². The van der Waals surface area contributed by atoms with Gasteiger partial charge in [0.05, 0.1) is 27.6 Å². The molecule has 9 aromatic rings.